The lowest BCUT2D eigenvalue weighted by Crippen LogP contribution is -2.19. The van der Waals surface area contributed by atoms with Gasteiger partial charge in [0.05, 0.1) is 5.52 Å². The molecule has 1 aromatic carbocycles. The summed E-state index contributed by atoms with van der Waals surface area (Å²) in [7, 11) is 3.73. The largest absolute Gasteiger partial charge is 0.419 e. The molecule has 0 bridgehead atoms. The van der Waals surface area contributed by atoms with E-state index in [1.807, 2.05) is 25.2 Å². The second-order valence-corrected chi connectivity index (χ2v) is 4.50. The number of anilines is 1. The number of hydrogen-bond acceptors (Lipinski definition) is 4. The van der Waals surface area contributed by atoms with Crippen LogP contribution in [0, 0.1) is 0 Å². The Hall–Kier alpha value is -1.75. The topological polar surface area (TPSA) is 64.4 Å². The number of benzene rings is 1. The van der Waals surface area contributed by atoms with Gasteiger partial charge >= 0.3 is 5.76 Å². The van der Waals surface area contributed by atoms with Gasteiger partial charge in [0.15, 0.2) is 5.58 Å². The van der Waals surface area contributed by atoms with Gasteiger partial charge in [0, 0.05) is 32.4 Å². The maximum Gasteiger partial charge on any atom is 0.419 e. The van der Waals surface area contributed by atoms with E-state index in [0.717, 1.165) is 37.1 Å². The molecule has 0 spiro atoms. The van der Waals surface area contributed by atoms with Crippen LogP contribution in [0.5, 0.6) is 0 Å². The van der Waals surface area contributed by atoms with Crippen molar-refractivity contribution in [3.05, 3.63) is 28.7 Å². The molecule has 1 aromatic heterocycles. The number of unbranched alkanes of at least 4 members (excludes halogenated alkanes) is 1. The Morgan fingerprint density at radius 3 is 2.89 bits per heavy atom. The molecule has 2 N–H and O–H groups in total. The van der Waals surface area contributed by atoms with Crippen LogP contribution >= 0.6 is 0 Å². The first-order chi connectivity index (χ1) is 8.63. The minimum atomic E-state index is -0.326. The first-order valence-electron chi connectivity index (χ1n) is 6.14. The van der Waals surface area contributed by atoms with E-state index < -0.39 is 0 Å². The zero-order valence-electron chi connectivity index (χ0n) is 10.8. The van der Waals surface area contributed by atoms with E-state index in [4.69, 9.17) is 10.2 Å². The molecule has 0 saturated heterocycles. The minimum absolute atomic E-state index is 0.326. The molecule has 0 amide bonds. The quantitative estimate of drug-likeness (QED) is 0.811. The number of aromatic nitrogens is 1. The zero-order chi connectivity index (χ0) is 13.1. The number of oxazole rings is 1. The van der Waals surface area contributed by atoms with Gasteiger partial charge in [-0.3, -0.25) is 4.57 Å². The summed E-state index contributed by atoms with van der Waals surface area (Å²) in [4.78, 5) is 13.5. The number of rotatable bonds is 5. The SMILES string of the molecule is CN(CCCCN)c1ccc2c(c1)oc(=O)n2C. The molecule has 2 aromatic rings. The highest BCUT2D eigenvalue weighted by Crippen LogP contribution is 2.20. The third-order valence-electron chi connectivity index (χ3n) is 3.16. The van der Waals surface area contributed by atoms with E-state index >= 15 is 0 Å². The van der Waals surface area contributed by atoms with Gasteiger partial charge in [-0.1, -0.05) is 0 Å². The average Bonchev–Trinajstić information content (AvgIpc) is 2.65. The van der Waals surface area contributed by atoms with E-state index in [-0.39, 0.29) is 5.76 Å². The number of hydrogen-bond donors (Lipinski definition) is 1. The van der Waals surface area contributed by atoms with Crippen molar-refractivity contribution >= 4 is 16.8 Å². The van der Waals surface area contributed by atoms with E-state index in [2.05, 4.69) is 4.90 Å². The fourth-order valence-electron chi connectivity index (χ4n) is 1.98. The maximum absolute atomic E-state index is 11.4. The fraction of sp³-hybridized carbons (Fsp3) is 0.462. The zero-order valence-corrected chi connectivity index (χ0v) is 10.8. The van der Waals surface area contributed by atoms with Crippen molar-refractivity contribution < 1.29 is 4.42 Å². The Morgan fingerprint density at radius 2 is 2.17 bits per heavy atom. The summed E-state index contributed by atoms with van der Waals surface area (Å²) in [5.41, 5.74) is 7.97. The Bertz CT molecular complexity index is 585. The molecule has 0 aliphatic rings. The van der Waals surface area contributed by atoms with Crippen LogP contribution in [0.25, 0.3) is 11.1 Å². The van der Waals surface area contributed by atoms with Gasteiger partial charge < -0.3 is 15.1 Å². The van der Waals surface area contributed by atoms with Crippen molar-refractivity contribution in [2.45, 2.75) is 12.8 Å². The van der Waals surface area contributed by atoms with E-state index in [1.165, 1.54) is 4.57 Å². The average molecular weight is 249 g/mol. The Kier molecular flexibility index (Phi) is 3.72. The Labute approximate surface area is 106 Å². The van der Waals surface area contributed by atoms with Crippen LogP contribution in [0.3, 0.4) is 0 Å². The highest BCUT2D eigenvalue weighted by Gasteiger charge is 2.08. The van der Waals surface area contributed by atoms with Gasteiger partial charge in [-0.25, -0.2) is 4.79 Å². The van der Waals surface area contributed by atoms with Crippen LogP contribution in [-0.2, 0) is 7.05 Å². The molecule has 0 saturated carbocycles. The molecule has 98 valence electrons. The third kappa shape index (κ3) is 2.41. The van der Waals surface area contributed by atoms with Crippen molar-refractivity contribution in [1.82, 2.24) is 4.57 Å². The third-order valence-corrected chi connectivity index (χ3v) is 3.16. The van der Waals surface area contributed by atoms with Crippen LogP contribution in [0.15, 0.2) is 27.4 Å². The highest BCUT2D eigenvalue weighted by molar-refractivity contribution is 5.77. The van der Waals surface area contributed by atoms with Gasteiger partial charge in [-0.2, -0.15) is 0 Å². The van der Waals surface area contributed by atoms with Gasteiger partial charge in [0.25, 0.3) is 0 Å². The van der Waals surface area contributed by atoms with Crippen LogP contribution in [0.4, 0.5) is 5.69 Å². The molecule has 5 nitrogen and oxygen atoms in total. The molecule has 0 aliphatic carbocycles. The van der Waals surface area contributed by atoms with E-state index in [9.17, 15) is 4.79 Å². The molecule has 0 fully saturated rings. The number of nitrogens with two attached hydrogens (primary N) is 1. The molecule has 0 atom stereocenters. The molecular formula is C13H19N3O2. The predicted molar refractivity (Wildman–Crippen MR) is 73.0 cm³/mol. The van der Waals surface area contributed by atoms with Crippen molar-refractivity contribution in [2.24, 2.45) is 12.8 Å². The van der Waals surface area contributed by atoms with Crippen LogP contribution in [0.1, 0.15) is 12.8 Å². The molecule has 5 heteroatoms. The van der Waals surface area contributed by atoms with Crippen molar-refractivity contribution in [3.8, 4) is 0 Å². The summed E-state index contributed by atoms with van der Waals surface area (Å²) < 4.78 is 6.68. The highest BCUT2D eigenvalue weighted by atomic mass is 16.4. The summed E-state index contributed by atoms with van der Waals surface area (Å²) in [5.74, 6) is -0.326. The van der Waals surface area contributed by atoms with Gasteiger partial charge in [-0.05, 0) is 31.5 Å². The summed E-state index contributed by atoms with van der Waals surface area (Å²) in [5, 5.41) is 0. The van der Waals surface area contributed by atoms with Crippen LogP contribution in [-0.4, -0.2) is 24.7 Å². The maximum atomic E-state index is 11.4. The molecule has 18 heavy (non-hydrogen) atoms. The van der Waals surface area contributed by atoms with Crippen LogP contribution in [0.2, 0.25) is 0 Å². The molecule has 1 heterocycles. The monoisotopic (exact) mass is 249 g/mol. The summed E-state index contributed by atoms with van der Waals surface area (Å²) in [6, 6.07) is 5.81. The molecule has 0 aliphatic heterocycles. The first-order valence-corrected chi connectivity index (χ1v) is 6.14. The number of fused-ring (bicyclic) bond motifs is 1. The summed E-state index contributed by atoms with van der Waals surface area (Å²) >= 11 is 0. The van der Waals surface area contributed by atoms with Crippen molar-refractivity contribution in [1.29, 1.82) is 0 Å². The lowest BCUT2D eigenvalue weighted by Gasteiger charge is -2.18. The summed E-state index contributed by atoms with van der Waals surface area (Å²) in [6.07, 6.45) is 2.08. The number of aryl methyl sites for hydroxylation is 1. The Balaban J connectivity index is 2.21. The van der Waals surface area contributed by atoms with E-state index in [0.29, 0.717) is 5.58 Å². The fourth-order valence-corrected chi connectivity index (χ4v) is 1.98. The molecular weight excluding hydrogens is 230 g/mol. The van der Waals surface area contributed by atoms with Gasteiger partial charge in [0.1, 0.15) is 0 Å². The predicted octanol–water partition coefficient (Wildman–Crippen LogP) is 1.31. The second-order valence-electron chi connectivity index (χ2n) is 4.50. The molecule has 0 radical (unpaired) electrons. The second kappa shape index (κ2) is 5.27. The minimum Gasteiger partial charge on any atom is -0.408 e. The van der Waals surface area contributed by atoms with Gasteiger partial charge in [0.2, 0.25) is 0 Å². The smallest absolute Gasteiger partial charge is 0.408 e. The van der Waals surface area contributed by atoms with Gasteiger partial charge in [-0.15, -0.1) is 0 Å². The lowest BCUT2D eigenvalue weighted by atomic mass is 10.2. The standard InChI is InChI=1S/C13H19N3O2/c1-15(8-4-3-7-14)10-5-6-11-12(9-10)18-13(17)16(11)2/h5-6,9H,3-4,7-8,14H2,1-2H3. The molecule has 2 rings (SSSR count). The molecule has 0 unspecified atom stereocenters. The lowest BCUT2D eigenvalue weighted by molar-refractivity contribution is 0.528. The van der Waals surface area contributed by atoms with Crippen LogP contribution < -0.4 is 16.4 Å². The first kappa shape index (κ1) is 12.7. The van der Waals surface area contributed by atoms with Crippen molar-refractivity contribution in [3.63, 3.8) is 0 Å². The van der Waals surface area contributed by atoms with E-state index in [1.54, 1.807) is 7.05 Å². The number of nitrogens with zero attached hydrogens (tertiary/aromatic N) is 2. The summed E-state index contributed by atoms with van der Waals surface area (Å²) in [6.45, 7) is 1.67. The Morgan fingerprint density at radius 1 is 1.39 bits per heavy atom. The van der Waals surface area contributed by atoms with Crippen molar-refractivity contribution in [2.75, 3.05) is 25.0 Å². The normalized spacial score (nSPS) is 11.1.